The molecule has 2 unspecified atom stereocenters. The summed E-state index contributed by atoms with van der Waals surface area (Å²) in [5, 5.41) is 0. The second-order valence-corrected chi connectivity index (χ2v) is 4.87. The van der Waals surface area contributed by atoms with E-state index in [0.29, 0.717) is 5.92 Å². The van der Waals surface area contributed by atoms with Gasteiger partial charge in [-0.25, -0.2) is 0 Å². The zero-order valence-electron chi connectivity index (χ0n) is 10.8. The number of hydrogen-bond donors (Lipinski definition) is 1. The van der Waals surface area contributed by atoms with Crippen molar-refractivity contribution in [2.75, 3.05) is 7.11 Å². The van der Waals surface area contributed by atoms with Crippen molar-refractivity contribution < 1.29 is 4.74 Å². The van der Waals surface area contributed by atoms with Gasteiger partial charge in [0.05, 0.1) is 7.11 Å². The fraction of sp³-hybridized carbons (Fsp3) is 0.571. The first kappa shape index (κ1) is 13.0. The van der Waals surface area contributed by atoms with Crippen molar-refractivity contribution in [2.24, 2.45) is 11.7 Å². The van der Waals surface area contributed by atoms with Crippen LogP contribution < -0.4 is 10.5 Å². The molecule has 2 N–H and O–H groups in total. The molecule has 2 atom stereocenters. The van der Waals surface area contributed by atoms with E-state index in [4.69, 9.17) is 10.5 Å². The van der Waals surface area contributed by atoms with Crippen LogP contribution in [0.2, 0.25) is 0 Å². The van der Waals surface area contributed by atoms with Crippen LogP contribution in [0, 0.1) is 5.92 Å². The number of hydrogen-bond acceptors (Lipinski definition) is 2. The van der Waals surface area contributed by atoms with Gasteiger partial charge in [-0.05, 0) is 37.0 Å². The predicted octanol–water partition coefficient (Wildman–Crippen LogP) is 3.31. The Labute approximate surface area is 98.8 Å². The molecule has 0 bridgehead atoms. The van der Waals surface area contributed by atoms with Gasteiger partial charge in [-0.1, -0.05) is 32.4 Å². The Morgan fingerprint density at radius 1 is 1.44 bits per heavy atom. The molecule has 0 aliphatic carbocycles. The number of nitrogens with two attached hydrogens (primary N) is 1. The topological polar surface area (TPSA) is 35.2 Å². The Bertz CT molecular complexity index is 333. The molecule has 0 aliphatic rings. The molecule has 0 saturated carbocycles. The molecule has 2 nitrogen and oxygen atoms in total. The Balaban J connectivity index is 2.88. The van der Waals surface area contributed by atoms with Crippen LogP contribution >= 0.6 is 0 Å². The minimum Gasteiger partial charge on any atom is -0.497 e. The zero-order chi connectivity index (χ0) is 12.2. The maximum absolute atomic E-state index is 6.38. The van der Waals surface area contributed by atoms with Crippen LogP contribution in [0.4, 0.5) is 0 Å². The second-order valence-electron chi connectivity index (χ2n) is 4.87. The van der Waals surface area contributed by atoms with Gasteiger partial charge in [0.2, 0.25) is 0 Å². The van der Waals surface area contributed by atoms with E-state index in [0.717, 1.165) is 24.2 Å². The minimum atomic E-state index is -0.274. The minimum absolute atomic E-state index is 0.274. The fourth-order valence-electron chi connectivity index (χ4n) is 1.96. The van der Waals surface area contributed by atoms with Gasteiger partial charge in [0.15, 0.2) is 0 Å². The first-order valence-corrected chi connectivity index (χ1v) is 5.93. The highest BCUT2D eigenvalue weighted by Crippen LogP contribution is 2.29. The van der Waals surface area contributed by atoms with E-state index in [1.54, 1.807) is 7.11 Å². The highest BCUT2D eigenvalue weighted by Gasteiger charge is 2.23. The summed E-state index contributed by atoms with van der Waals surface area (Å²) in [4.78, 5) is 0. The van der Waals surface area contributed by atoms with Crippen LogP contribution in [0.15, 0.2) is 24.3 Å². The van der Waals surface area contributed by atoms with Gasteiger partial charge in [-0.3, -0.25) is 0 Å². The normalized spacial score (nSPS) is 16.6. The molecule has 0 radical (unpaired) electrons. The fourth-order valence-corrected chi connectivity index (χ4v) is 1.96. The highest BCUT2D eigenvalue weighted by atomic mass is 16.5. The van der Waals surface area contributed by atoms with Crippen molar-refractivity contribution in [3.63, 3.8) is 0 Å². The lowest BCUT2D eigenvalue weighted by molar-refractivity contribution is 0.353. The quantitative estimate of drug-likeness (QED) is 0.828. The lowest BCUT2D eigenvalue weighted by atomic mass is 9.83. The lowest BCUT2D eigenvalue weighted by Gasteiger charge is -2.28. The van der Waals surface area contributed by atoms with Gasteiger partial charge in [0.1, 0.15) is 5.75 Å². The molecule has 0 fully saturated rings. The average molecular weight is 221 g/mol. The van der Waals surface area contributed by atoms with E-state index in [9.17, 15) is 0 Å². The summed E-state index contributed by atoms with van der Waals surface area (Å²) in [6.07, 6.45) is 2.16. The van der Waals surface area contributed by atoms with E-state index < -0.39 is 0 Å². The van der Waals surface area contributed by atoms with Crippen molar-refractivity contribution in [1.29, 1.82) is 0 Å². The second kappa shape index (κ2) is 5.35. The van der Waals surface area contributed by atoms with Gasteiger partial charge in [0.25, 0.3) is 0 Å². The van der Waals surface area contributed by atoms with E-state index in [1.165, 1.54) is 0 Å². The molecule has 1 rings (SSSR count). The van der Waals surface area contributed by atoms with E-state index in [2.05, 4.69) is 26.8 Å². The van der Waals surface area contributed by atoms with Crippen molar-refractivity contribution in [2.45, 2.75) is 39.2 Å². The summed E-state index contributed by atoms with van der Waals surface area (Å²) in [5.74, 6) is 1.51. The Kier molecular flexibility index (Phi) is 4.36. The monoisotopic (exact) mass is 221 g/mol. The highest BCUT2D eigenvalue weighted by molar-refractivity contribution is 5.32. The lowest BCUT2D eigenvalue weighted by Crippen LogP contribution is -2.34. The number of ether oxygens (including phenoxy) is 1. The van der Waals surface area contributed by atoms with Gasteiger partial charge in [-0.15, -0.1) is 0 Å². The van der Waals surface area contributed by atoms with Crippen molar-refractivity contribution in [1.82, 2.24) is 0 Å². The third kappa shape index (κ3) is 3.24. The molecule has 90 valence electrons. The molecule has 16 heavy (non-hydrogen) atoms. The third-order valence-corrected chi connectivity index (χ3v) is 3.20. The molecular formula is C14H23NO. The molecule has 2 heteroatoms. The maximum Gasteiger partial charge on any atom is 0.119 e. The zero-order valence-corrected chi connectivity index (χ0v) is 10.8. The van der Waals surface area contributed by atoms with Crippen molar-refractivity contribution in [3.8, 4) is 5.75 Å². The smallest absolute Gasteiger partial charge is 0.119 e. The van der Waals surface area contributed by atoms with Gasteiger partial charge < -0.3 is 10.5 Å². The first-order chi connectivity index (χ1) is 7.49. The largest absolute Gasteiger partial charge is 0.497 e. The van der Waals surface area contributed by atoms with Crippen LogP contribution in [-0.2, 0) is 5.54 Å². The molecule has 0 spiro atoms. The van der Waals surface area contributed by atoms with Gasteiger partial charge >= 0.3 is 0 Å². The number of benzene rings is 1. The van der Waals surface area contributed by atoms with E-state index in [1.807, 2.05) is 18.2 Å². The van der Waals surface area contributed by atoms with Crippen molar-refractivity contribution >= 4 is 0 Å². The Hall–Kier alpha value is -1.02. The summed E-state index contributed by atoms with van der Waals surface area (Å²) < 4.78 is 5.23. The van der Waals surface area contributed by atoms with Gasteiger partial charge in [-0.2, -0.15) is 0 Å². The SMILES string of the molecule is CCC(C)CC(C)(N)c1cccc(OC)c1. The number of methoxy groups -OCH3 is 1. The number of rotatable bonds is 5. The molecule has 0 aliphatic heterocycles. The van der Waals surface area contributed by atoms with Crippen LogP contribution in [0.5, 0.6) is 5.75 Å². The maximum atomic E-state index is 6.38. The molecule has 1 aromatic carbocycles. The average Bonchev–Trinajstić information content (AvgIpc) is 2.28. The first-order valence-electron chi connectivity index (χ1n) is 5.93. The van der Waals surface area contributed by atoms with E-state index >= 15 is 0 Å². The van der Waals surface area contributed by atoms with E-state index in [-0.39, 0.29) is 5.54 Å². The summed E-state index contributed by atoms with van der Waals surface area (Å²) in [6, 6.07) is 8.05. The molecule has 0 aromatic heterocycles. The van der Waals surface area contributed by atoms with Crippen LogP contribution in [-0.4, -0.2) is 7.11 Å². The summed E-state index contributed by atoms with van der Waals surface area (Å²) in [6.45, 7) is 6.53. The summed E-state index contributed by atoms with van der Waals surface area (Å²) >= 11 is 0. The van der Waals surface area contributed by atoms with Crippen molar-refractivity contribution in [3.05, 3.63) is 29.8 Å². The molecule has 0 saturated heterocycles. The third-order valence-electron chi connectivity index (χ3n) is 3.20. The van der Waals surface area contributed by atoms with Crippen LogP contribution in [0.3, 0.4) is 0 Å². The summed E-state index contributed by atoms with van der Waals surface area (Å²) in [7, 11) is 1.68. The van der Waals surface area contributed by atoms with Crippen LogP contribution in [0.1, 0.15) is 39.2 Å². The molecule has 0 amide bonds. The molecule has 1 aromatic rings. The van der Waals surface area contributed by atoms with Gasteiger partial charge in [0, 0.05) is 5.54 Å². The Morgan fingerprint density at radius 3 is 2.69 bits per heavy atom. The standard InChI is InChI=1S/C14H23NO/c1-5-11(2)10-14(3,15)12-7-6-8-13(9-12)16-4/h6-9,11H,5,10,15H2,1-4H3. The molecule has 0 heterocycles. The predicted molar refractivity (Wildman–Crippen MR) is 68.6 cm³/mol. The molecular weight excluding hydrogens is 198 g/mol. The summed E-state index contributed by atoms with van der Waals surface area (Å²) in [5.41, 5.74) is 7.25. The van der Waals surface area contributed by atoms with Crippen LogP contribution in [0.25, 0.3) is 0 Å². The Morgan fingerprint density at radius 2 is 2.12 bits per heavy atom.